The summed E-state index contributed by atoms with van der Waals surface area (Å²) in [4.78, 5) is 14.7. The zero-order valence-electron chi connectivity index (χ0n) is 16.1. The maximum absolute atomic E-state index is 12.1. The second kappa shape index (κ2) is 8.93. The van der Waals surface area contributed by atoms with Crippen molar-refractivity contribution in [2.75, 3.05) is 36.9 Å². The first-order valence-corrected chi connectivity index (χ1v) is 10.1. The van der Waals surface area contributed by atoms with Gasteiger partial charge in [-0.05, 0) is 75.6 Å². The summed E-state index contributed by atoms with van der Waals surface area (Å²) in [6.07, 6.45) is 6.73. The third-order valence-corrected chi connectivity index (χ3v) is 5.28. The van der Waals surface area contributed by atoms with Crippen LogP contribution in [0.3, 0.4) is 0 Å². The van der Waals surface area contributed by atoms with E-state index in [1.54, 1.807) is 6.20 Å². The lowest BCUT2D eigenvalue weighted by atomic mass is 10.1. The van der Waals surface area contributed by atoms with Crippen LogP contribution in [0, 0.1) is 0 Å². The molecule has 0 aromatic heterocycles. The standard InChI is InChI=1S/C23H27N3O2/c27-23-21(20-7-1-2-8-22(20)25-23)17-24-18-9-11-19(12-10-18)28-16-6-5-15-26-13-3-4-14-26/h1-2,7-12,17,24H,3-6,13-16H2,(H,25,27). The van der Waals surface area contributed by atoms with Gasteiger partial charge in [-0.2, -0.15) is 0 Å². The highest BCUT2D eigenvalue weighted by atomic mass is 16.5. The molecule has 5 nitrogen and oxygen atoms in total. The van der Waals surface area contributed by atoms with Crippen LogP contribution >= 0.6 is 0 Å². The molecule has 0 aliphatic carbocycles. The summed E-state index contributed by atoms with van der Waals surface area (Å²) >= 11 is 0. The number of carbonyl (C=O) groups excluding carboxylic acids is 1. The van der Waals surface area contributed by atoms with Crippen molar-refractivity contribution in [2.45, 2.75) is 25.7 Å². The van der Waals surface area contributed by atoms with E-state index in [2.05, 4.69) is 15.5 Å². The fourth-order valence-electron chi connectivity index (χ4n) is 3.72. The summed E-state index contributed by atoms with van der Waals surface area (Å²) in [7, 11) is 0. The molecular formula is C23H27N3O2. The van der Waals surface area contributed by atoms with Gasteiger partial charge in [0.25, 0.3) is 5.91 Å². The Morgan fingerprint density at radius 2 is 1.82 bits per heavy atom. The van der Waals surface area contributed by atoms with Crippen molar-refractivity contribution < 1.29 is 9.53 Å². The number of nitrogens with one attached hydrogen (secondary N) is 2. The van der Waals surface area contributed by atoms with Crippen molar-refractivity contribution in [3.8, 4) is 5.75 Å². The Kier molecular flexibility index (Phi) is 5.92. The Morgan fingerprint density at radius 3 is 2.64 bits per heavy atom. The van der Waals surface area contributed by atoms with Crippen LogP contribution in [0.1, 0.15) is 31.2 Å². The monoisotopic (exact) mass is 377 g/mol. The molecule has 0 saturated carbocycles. The first kappa shape index (κ1) is 18.6. The van der Waals surface area contributed by atoms with Crippen LogP contribution in [0.5, 0.6) is 5.75 Å². The summed E-state index contributed by atoms with van der Waals surface area (Å²) in [5.41, 5.74) is 3.35. The number of anilines is 2. The molecule has 2 N–H and O–H groups in total. The summed E-state index contributed by atoms with van der Waals surface area (Å²) in [6.45, 7) is 4.47. The number of hydrogen-bond acceptors (Lipinski definition) is 4. The number of carbonyl (C=O) groups is 1. The van der Waals surface area contributed by atoms with Crippen LogP contribution in [0.2, 0.25) is 0 Å². The fourth-order valence-corrected chi connectivity index (χ4v) is 3.72. The Bertz CT molecular complexity index is 839. The number of likely N-dealkylation sites (tertiary alicyclic amines) is 1. The fraction of sp³-hybridized carbons (Fsp3) is 0.348. The molecule has 2 heterocycles. The first-order chi connectivity index (χ1) is 13.8. The van der Waals surface area contributed by atoms with Crippen molar-refractivity contribution in [3.05, 3.63) is 60.3 Å². The highest BCUT2D eigenvalue weighted by molar-refractivity contribution is 6.31. The molecular weight excluding hydrogens is 350 g/mol. The molecule has 28 heavy (non-hydrogen) atoms. The van der Waals surface area contributed by atoms with Gasteiger partial charge in [0, 0.05) is 23.1 Å². The van der Waals surface area contributed by atoms with Crippen molar-refractivity contribution in [1.82, 2.24) is 4.90 Å². The minimum absolute atomic E-state index is 0.0809. The second-order valence-electron chi connectivity index (χ2n) is 7.33. The van der Waals surface area contributed by atoms with Crippen molar-refractivity contribution >= 4 is 22.9 Å². The summed E-state index contributed by atoms with van der Waals surface area (Å²) in [5.74, 6) is 0.797. The van der Waals surface area contributed by atoms with E-state index in [0.29, 0.717) is 5.57 Å². The van der Waals surface area contributed by atoms with Gasteiger partial charge in [-0.15, -0.1) is 0 Å². The number of nitrogens with zero attached hydrogens (tertiary/aromatic N) is 1. The third kappa shape index (κ3) is 4.54. The minimum atomic E-state index is -0.0809. The van der Waals surface area contributed by atoms with Crippen LogP contribution in [-0.4, -0.2) is 37.0 Å². The van der Waals surface area contributed by atoms with Crippen LogP contribution in [-0.2, 0) is 4.79 Å². The Labute approximate surface area is 166 Å². The number of fused-ring (bicyclic) bond motifs is 1. The van der Waals surface area contributed by atoms with Crippen molar-refractivity contribution in [3.63, 3.8) is 0 Å². The lowest BCUT2D eigenvalue weighted by Crippen LogP contribution is -2.20. The average molecular weight is 377 g/mol. The Hall–Kier alpha value is -2.79. The smallest absolute Gasteiger partial charge is 0.257 e. The van der Waals surface area contributed by atoms with Crippen LogP contribution in [0.15, 0.2) is 54.7 Å². The summed E-state index contributed by atoms with van der Waals surface area (Å²) < 4.78 is 5.84. The average Bonchev–Trinajstić information content (AvgIpc) is 3.34. The van der Waals surface area contributed by atoms with Gasteiger partial charge < -0.3 is 20.3 Å². The van der Waals surface area contributed by atoms with E-state index < -0.39 is 0 Å². The number of benzene rings is 2. The Morgan fingerprint density at radius 1 is 1.04 bits per heavy atom. The zero-order chi connectivity index (χ0) is 19.2. The number of amides is 1. The molecule has 1 fully saturated rings. The molecule has 0 radical (unpaired) electrons. The van der Waals surface area contributed by atoms with Gasteiger partial charge in [-0.25, -0.2) is 0 Å². The van der Waals surface area contributed by atoms with E-state index in [9.17, 15) is 4.79 Å². The molecule has 1 amide bonds. The first-order valence-electron chi connectivity index (χ1n) is 10.1. The quantitative estimate of drug-likeness (QED) is 0.531. The molecule has 2 aliphatic heterocycles. The topological polar surface area (TPSA) is 53.6 Å². The molecule has 1 saturated heterocycles. The third-order valence-electron chi connectivity index (χ3n) is 5.28. The lowest BCUT2D eigenvalue weighted by Gasteiger charge is -2.14. The zero-order valence-corrected chi connectivity index (χ0v) is 16.1. The second-order valence-corrected chi connectivity index (χ2v) is 7.33. The number of unbranched alkanes of at least 4 members (excludes halogenated alkanes) is 1. The van der Waals surface area contributed by atoms with Gasteiger partial charge in [0.2, 0.25) is 0 Å². The molecule has 4 rings (SSSR count). The van der Waals surface area contributed by atoms with Crippen molar-refractivity contribution in [2.24, 2.45) is 0 Å². The maximum Gasteiger partial charge on any atom is 0.257 e. The molecule has 2 aliphatic rings. The number of rotatable bonds is 8. The molecule has 0 bridgehead atoms. The van der Waals surface area contributed by atoms with Gasteiger partial charge in [0.05, 0.1) is 12.2 Å². The van der Waals surface area contributed by atoms with E-state index in [-0.39, 0.29) is 5.91 Å². The largest absolute Gasteiger partial charge is 0.494 e. The van der Waals surface area contributed by atoms with Gasteiger partial charge in [0.15, 0.2) is 0 Å². The van der Waals surface area contributed by atoms with E-state index in [0.717, 1.165) is 35.7 Å². The maximum atomic E-state index is 12.1. The molecule has 2 aromatic carbocycles. The predicted octanol–water partition coefficient (Wildman–Crippen LogP) is 4.35. The van der Waals surface area contributed by atoms with Gasteiger partial charge >= 0.3 is 0 Å². The number of hydrogen-bond donors (Lipinski definition) is 2. The van der Waals surface area contributed by atoms with E-state index >= 15 is 0 Å². The van der Waals surface area contributed by atoms with E-state index in [1.165, 1.54) is 38.9 Å². The molecule has 5 heteroatoms. The molecule has 146 valence electrons. The molecule has 0 spiro atoms. The lowest BCUT2D eigenvalue weighted by molar-refractivity contribution is -0.110. The van der Waals surface area contributed by atoms with Crippen LogP contribution in [0.4, 0.5) is 11.4 Å². The predicted molar refractivity (Wildman–Crippen MR) is 114 cm³/mol. The normalized spacial score (nSPS) is 17.6. The van der Waals surface area contributed by atoms with Crippen LogP contribution < -0.4 is 15.4 Å². The van der Waals surface area contributed by atoms with Crippen LogP contribution in [0.25, 0.3) is 5.57 Å². The Balaban J connectivity index is 1.24. The molecule has 0 atom stereocenters. The highest BCUT2D eigenvalue weighted by Crippen LogP contribution is 2.31. The summed E-state index contributed by atoms with van der Waals surface area (Å²) in [5, 5.41) is 6.08. The van der Waals surface area contributed by atoms with Gasteiger partial charge in [-0.1, -0.05) is 18.2 Å². The summed E-state index contributed by atoms with van der Waals surface area (Å²) in [6, 6.07) is 15.6. The minimum Gasteiger partial charge on any atom is -0.494 e. The number of para-hydroxylation sites is 1. The molecule has 2 aromatic rings. The molecule has 0 unspecified atom stereocenters. The van der Waals surface area contributed by atoms with Crippen molar-refractivity contribution in [1.29, 1.82) is 0 Å². The van der Waals surface area contributed by atoms with Gasteiger partial charge in [-0.3, -0.25) is 4.79 Å². The highest BCUT2D eigenvalue weighted by Gasteiger charge is 2.23. The SMILES string of the molecule is O=C1Nc2ccccc2C1=CNc1ccc(OCCCCN2CCCC2)cc1. The van der Waals surface area contributed by atoms with E-state index in [4.69, 9.17) is 4.74 Å². The van der Waals surface area contributed by atoms with E-state index in [1.807, 2.05) is 48.5 Å². The van der Waals surface area contributed by atoms with Gasteiger partial charge in [0.1, 0.15) is 5.75 Å². The number of ether oxygens (including phenoxy) is 1.